The van der Waals surface area contributed by atoms with Crippen LogP contribution < -0.4 is 0 Å². The first kappa shape index (κ1) is 10.9. The van der Waals surface area contributed by atoms with E-state index in [4.69, 9.17) is 5.21 Å². The maximum absolute atomic E-state index is 11.7. The van der Waals surface area contributed by atoms with Crippen LogP contribution >= 0.6 is 0 Å². The second-order valence-corrected chi connectivity index (χ2v) is 5.17. The fourth-order valence-corrected chi connectivity index (χ4v) is 1.92. The molecule has 3 heteroatoms. The quantitative estimate of drug-likeness (QED) is 0.536. The Hall–Kier alpha value is -1.64. The molecule has 1 N–H and O–H groups in total. The summed E-state index contributed by atoms with van der Waals surface area (Å²) in [6, 6.07) is 5.83. The first-order chi connectivity index (χ1) is 7.43. The van der Waals surface area contributed by atoms with E-state index in [1.54, 1.807) is 0 Å². The molecule has 0 radical (unpaired) electrons. The van der Waals surface area contributed by atoms with E-state index in [2.05, 4.69) is 25.9 Å². The summed E-state index contributed by atoms with van der Waals surface area (Å²) in [5, 5.41) is 11.7. The summed E-state index contributed by atoms with van der Waals surface area (Å²) in [6.45, 7) is 6.39. The number of Topliss-reactive ketones (excluding diaryl/α,β-unsaturated/α-hetero) is 1. The molecule has 1 aliphatic rings. The molecule has 3 nitrogen and oxygen atoms in total. The molecule has 0 aromatic heterocycles. The van der Waals surface area contributed by atoms with Crippen LogP contribution in [0, 0.1) is 0 Å². The van der Waals surface area contributed by atoms with Gasteiger partial charge in [0, 0.05) is 12.0 Å². The number of carbonyl (C=O) groups excluding carboxylic acids is 1. The van der Waals surface area contributed by atoms with Gasteiger partial charge in [0.2, 0.25) is 5.78 Å². The molecule has 0 saturated heterocycles. The summed E-state index contributed by atoms with van der Waals surface area (Å²) >= 11 is 0. The van der Waals surface area contributed by atoms with Crippen LogP contribution in [-0.2, 0) is 11.8 Å². The van der Waals surface area contributed by atoms with Crippen LogP contribution in [-0.4, -0.2) is 16.7 Å². The van der Waals surface area contributed by atoms with E-state index >= 15 is 0 Å². The number of ketones is 1. The molecule has 0 bridgehead atoms. The monoisotopic (exact) mass is 217 g/mol. The van der Waals surface area contributed by atoms with Crippen molar-refractivity contribution in [3.05, 3.63) is 34.9 Å². The average molecular weight is 217 g/mol. The van der Waals surface area contributed by atoms with Crippen LogP contribution in [0.1, 0.15) is 42.3 Å². The topological polar surface area (TPSA) is 49.7 Å². The zero-order valence-electron chi connectivity index (χ0n) is 9.74. The van der Waals surface area contributed by atoms with Gasteiger partial charge in [0.25, 0.3) is 0 Å². The van der Waals surface area contributed by atoms with Gasteiger partial charge in [0.1, 0.15) is 5.71 Å². The van der Waals surface area contributed by atoms with Crippen molar-refractivity contribution >= 4 is 11.5 Å². The Kier molecular flexibility index (Phi) is 2.34. The predicted octanol–water partition coefficient (Wildman–Crippen LogP) is 2.55. The summed E-state index contributed by atoms with van der Waals surface area (Å²) in [7, 11) is 0. The highest BCUT2D eigenvalue weighted by Crippen LogP contribution is 2.28. The lowest BCUT2D eigenvalue weighted by molar-refractivity contribution is 0.106. The summed E-state index contributed by atoms with van der Waals surface area (Å²) in [6.07, 6.45) is 0.439. The summed E-state index contributed by atoms with van der Waals surface area (Å²) in [5.74, 6) is -0.155. The van der Waals surface area contributed by atoms with Gasteiger partial charge in [-0.25, -0.2) is 0 Å². The molecule has 1 aromatic rings. The molecule has 0 amide bonds. The molecule has 0 aliphatic heterocycles. The molecule has 2 rings (SSSR count). The lowest BCUT2D eigenvalue weighted by Gasteiger charge is -2.19. The van der Waals surface area contributed by atoms with E-state index in [1.807, 2.05) is 18.2 Å². The lowest BCUT2D eigenvalue weighted by Crippen LogP contribution is -2.11. The van der Waals surface area contributed by atoms with Gasteiger partial charge in [-0.3, -0.25) is 4.79 Å². The third-order valence-corrected chi connectivity index (χ3v) is 2.96. The molecule has 0 spiro atoms. The highest BCUT2D eigenvalue weighted by atomic mass is 16.4. The summed E-state index contributed by atoms with van der Waals surface area (Å²) in [5.41, 5.74) is 3.13. The predicted molar refractivity (Wildman–Crippen MR) is 62.4 cm³/mol. The van der Waals surface area contributed by atoms with Crippen molar-refractivity contribution < 1.29 is 10.0 Å². The first-order valence-electron chi connectivity index (χ1n) is 5.32. The van der Waals surface area contributed by atoms with Gasteiger partial charge in [0.15, 0.2) is 0 Å². The molecule has 84 valence electrons. The second-order valence-electron chi connectivity index (χ2n) is 5.17. The standard InChI is InChI=1S/C13H15NO2/c1-13(2,3)9-4-5-10-8(6-9)7-11(14-16)12(10)15/h4-6,16H,7H2,1-3H3/b14-11+. The maximum atomic E-state index is 11.7. The molecular weight excluding hydrogens is 202 g/mol. The Morgan fingerprint density at radius 2 is 2.00 bits per heavy atom. The number of carbonyl (C=O) groups is 1. The van der Waals surface area contributed by atoms with Gasteiger partial charge >= 0.3 is 0 Å². The van der Waals surface area contributed by atoms with Gasteiger partial charge in [-0.2, -0.15) is 0 Å². The van der Waals surface area contributed by atoms with Crippen LogP contribution in [0.5, 0.6) is 0 Å². The minimum atomic E-state index is -0.155. The minimum absolute atomic E-state index is 0.0667. The molecule has 0 saturated carbocycles. The Morgan fingerprint density at radius 3 is 2.56 bits per heavy atom. The van der Waals surface area contributed by atoms with E-state index in [9.17, 15) is 4.79 Å². The molecule has 1 aliphatic carbocycles. The molecule has 0 atom stereocenters. The average Bonchev–Trinajstić information content (AvgIpc) is 2.54. The van der Waals surface area contributed by atoms with E-state index in [-0.39, 0.29) is 16.9 Å². The number of hydrogen-bond acceptors (Lipinski definition) is 3. The second kappa shape index (κ2) is 3.44. The van der Waals surface area contributed by atoms with Crippen LogP contribution in [0.25, 0.3) is 0 Å². The van der Waals surface area contributed by atoms with E-state index < -0.39 is 0 Å². The van der Waals surface area contributed by atoms with Gasteiger partial charge in [-0.05, 0) is 16.5 Å². The van der Waals surface area contributed by atoms with Crippen LogP contribution in [0.2, 0.25) is 0 Å². The van der Waals surface area contributed by atoms with Crippen LogP contribution in [0.4, 0.5) is 0 Å². The first-order valence-corrected chi connectivity index (χ1v) is 5.32. The third kappa shape index (κ3) is 1.62. The zero-order valence-corrected chi connectivity index (χ0v) is 9.74. The van der Waals surface area contributed by atoms with Crippen molar-refractivity contribution in [3.8, 4) is 0 Å². The highest BCUT2D eigenvalue weighted by Gasteiger charge is 2.28. The fraction of sp³-hybridized carbons (Fsp3) is 0.385. The van der Waals surface area contributed by atoms with E-state index in [0.717, 1.165) is 5.56 Å². The van der Waals surface area contributed by atoms with E-state index in [0.29, 0.717) is 12.0 Å². The number of nitrogens with zero attached hydrogens (tertiary/aromatic N) is 1. The Balaban J connectivity index is 2.49. The van der Waals surface area contributed by atoms with Crippen LogP contribution in [0.3, 0.4) is 0 Å². The minimum Gasteiger partial charge on any atom is -0.411 e. The van der Waals surface area contributed by atoms with Gasteiger partial charge < -0.3 is 5.21 Å². The van der Waals surface area contributed by atoms with Crippen molar-refractivity contribution in [2.24, 2.45) is 5.16 Å². The number of oxime groups is 1. The molecule has 16 heavy (non-hydrogen) atoms. The summed E-state index contributed by atoms with van der Waals surface area (Å²) < 4.78 is 0. The lowest BCUT2D eigenvalue weighted by atomic mass is 9.85. The van der Waals surface area contributed by atoms with Crippen molar-refractivity contribution in [1.29, 1.82) is 0 Å². The zero-order chi connectivity index (χ0) is 11.9. The SMILES string of the molecule is CC(C)(C)c1ccc2c(c1)C/C(=N\O)C2=O. The Bertz CT molecular complexity index is 481. The third-order valence-electron chi connectivity index (χ3n) is 2.96. The molecule has 0 fully saturated rings. The van der Waals surface area contributed by atoms with Crippen molar-refractivity contribution in [2.75, 3.05) is 0 Å². The van der Waals surface area contributed by atoms with Gasteiger partial charge in [-0.15, -0.1) is 0 Å². The fourth-order valence-electron chi connectivity index (χ4n) is 1.92. The molecule has 0 heterocycles. The van der Waals surface area contributed by atoms with E-state index in [1.165, 1.54) is 5.56 Å². The maximum Gasteiger partial charge on any atom is 0.211 e. The smallest absolute Gasteiger partial charge is 0.211 e. The highest BCUT2D eigenvalue weighted by molar-refractivity contribution is 6.49. The number of rotatable bonds is 0. The number of hydrogen-bond donors (Lipinski definition) is 1. The van der Waals surface area contributed by atoms with Crippen molar-refractivity contribution in [1.82, 2.24) is 0 Å². The van der Waals surface area contributed by atoms with Crippen molar-refractivity contribution in [3.63, 3.8) is 0 Å². The van der Waals surface area contributed by atoms with Gasteiger partial charge in [-0.1, -0.05) is 44.1 Å². The molecular formula is C13H15NO2. The largest absolute Gasteiger partial charge is 0.411 e. The normalized spacial score (nSPS) is 17.9. The Labute approximate surface area is 94.8 Å². The van der Waals surface area contributed by atoms with Crippen LogP contribution in [0.15, 0.2) is 23.4 Å². The summed E-state index contributed by atoms with van der Waals surface area (Å²) in [4.78, 5) is 11.7. The van der Waals surface area contributed by atoms with Crippen molar-refractivity contribution in [2.45, 2.75) is 32.6 Å². The number of benzene rings is 1. The Morgan fingerprint density at radius 1 is 1.31 bits per heavy atom. The molecule has 0 unspecified atom stereocenters. The van der Waals surface area contributed by atoms with Gasteiger partial charge in [0.05, 0.1) is 0 Å². The molecule has 1 aromatic carbocycles. The number of fused-ring (bicyclic) bond motifs is 1.